The zero-order valence-electron chi connectivity index (χ0n) is 12.0. The number of hydrogen-bond acceptors (Lipinski definition) is 4. The maximum Gasteiger partial charge on any atom is 0.161 e. The second kappa shape index (κ2) is 7.24. The van der Waals surface area contributed by atoms with Gasteiger partial charge in [0.15, 0.2) is 11.5 Å². The van der Waals surface area contributed by atoms with Gasteiger partial charge in [0, 0.05) is 19.1 Å². The lowest BCUT2D eigenvalue weighted by atomic mass is 10.1. The average Bonchev–Trinajstić information content (AvgIpc) is 2.37. The number of nitrogens with one attached hydrogen (secondary N) is 1. The molecule has 0 saturated carbocycles. The van der Waals surface area contributed by atoms with Crippen LogP contribution in [-0.2, 0) is 0 Å². The van der Waals surface area contributed by atoms with Crippen molar-refractivity contribution in [2.45, 2.75) is 13.0 Å². The fourth-order valence-corrected chi connectivity index (χ4v) is 1.74. The topological polar surface area (TPSA) is 33.7 Å². The van der Waals surface area contributed by atoms with Gasteiger partial charge in [0.05, 0.1) is 14.2 Å². The van der Waals surface area contributed by atoms with E-state index in [0.717, 1.165) is 24.6 Å². The zero-order chi connectivity index (χ0) is 13.5. The molecule has 1 rings (SSSR count). The Bertz CT molecular complexity index is 367. The van der Waals surface area contributed by atoms with Crippen molar-refractivity contribution in [3.05, 3.63) is 23.8 Å². The van der Waals surface area contributed by atoms with Crippen LogP contribution in [0.25, 0.3) is 0 Å². The first-order chi connectivity index (χ1) is 8.58. The highest BCUT2D eigenvalue weighted by atomic mass is 16.5. The minimum absolute atomic E-state index is 0.296. The lowest BCUT2D eigenvalue weighted by Gasteiger charge is -2.18. The van der Waals surface area contributed by atoms with Crippen LogP contribution in [0.3, 0.4) is 0 Å². The molecule has 18 heavy (non-hydrogen) atoms. The quantitative estimate of drug-likeness (QED) is 0.804. The molecule has 1 aromatic carbocycles. The van der Waals surface area contributed by atoms with E-state index in [1.165, 1.54) is 5.56 Å². The molecule has 0 aliphatic carbocycles. The lowest BCUT2D eigenvalue weighted by Crippen LogP contribution is -2.28. The summed E-state index contributed by atoms with van der Waals surface area (Å²) >= 11 is 0. The Morgan fingerprint density at radius 3 is 2.39 bits per heavy atom. The van der Waals surface area contributed by atoms with E-state index in [2.05, 4.69) is 37.3 Å². The number of benzene rings is 1. The molecule has 0 radical (unpaired) electrons. The van der Waals surface area contributed by atoms with Crippen molar-refractivity contribution in [3.63, 3.8) is 0 Å². The number of ether oxygens (including phenoxy) is 2. The van der Waals surface area contributed by atoms with Crippen LogP contribution in [0.1, 0.15) is 18.5 Å². The molecule has 1 atom stereocenters. The van der Waals surface area contributed by atoms with Crippen molar-refractivity contribution in [2.75, 3.05) is 41.4 Å². The number of hydrogen-bond donors (Lipinski definition) is 1. The predicted octanol–water partition coefficient (Wildman–Crippen LogP) is 1.92. The molecular weight excluding hydrogens is 228 g/mol. The summed E-state index contributed by atoms with van der Waals surface area (Å²) in [5, 5.41) is 3.48. The molecule has 0 spiro atoms. The van der Waals surface area contributed by atoms with Crippen molar-refractivity contribution in [1.29, 1.82) is 0 Å². The second-order valence-electron chi connectivity index (χ2n) is 4.59. The molecule has 0 amide bonds. The third-order valence-electron chi connectivity index (χ3n) is 2.92. The molecule has 0 heterocycles. The van der Waals surface area contributed by atoms with E-state index in [4.69, 9.17) is 9.47 Å². The third kappa shape index (κ3) is 4.20. The van der Waals surface area contributed by atoms with Gasteiger partial charge in [-0.1, -0.05) is 6.07 Å². The molecule has 1 unspecified atom stereocenters. The van der Waals surface area contributed by atoms with Crippen LogP contribution in [0.15, 0.2) is 18.2 Å². The van der Waals surface area contributed by atoms with Gasteiger partial charge in [0.2, 0.25) is 0 Å². The maximum absolute atomic E-state index is 5.31. The Hall–Kier alpha value is -1.26. The Morgan fingerprint density at radius 2 is 1.83 bits per heavy atom. The van der Waals surface area contributed by atoms with E-state index >= 15 is 0 Å². The van der Waals surface area contributed by atoms with Gasteiger partial charge in [-0.2, -0.15) is 0 Å². The fourth-order valence-electron chi connectivity index (χ4n) is 1.74. The normalized spacial score (nSPS) is 12.6. The summed E-state index contributed by atoms with van der Waals surface area (Å²) in [4.78, 5) is 2.16. The van der Waals surface area contributed by atoms with E-state index in [1.54, 1.807) is 14.2 Å². The number of rotatable bonds is 7. The van der Waals surface area contributed by atoms with Crippen molar-refractivity contribution in [2.24, 2.45) is 0 Å². The molecule has 0 aliphatic rings. The van der Waals surface area contributed by atoms with Crippen molar-refractivity contribution in [3.8, 4) is 11.5 Å². The van der Waals surface area contributed by atoms with Crippen LogP contribution < -0.4 is 14.8 Å². The van der Waals surface area contributed by atoms with Crippen LogP contribution in [-0.4, -0.2) is 46.3 Å². The molecule has 0 fully saturated rings. The highest BCUT2D eigenvalue weighted by Gasteiger charge is 2.09. The molecular formula is C14H24N2O2. The largest absolute Gasteiger partial charge is 0.493 e. The second-order valence-corrected chi connectivity index (χ2v) is 4.59. The summed E-state index contributed by atoms with van der Waals surface area (Å²) in [6.45, 7) is 4.14. The number of nitrogens with zero attached hydrogens (tertiary/aromatic N) is 1. The van der Waals surface area contributed by atoms with Gasteiger partial charge in [-0.3, -0.25) is 0 Å². The van der Waals surface area contributed by atoms with Crippen LogP contribution in [0.4, 0.5) is 0 Å². The molecule has 102 valence electrons. The van der Waals surface area contributed by atoms with Crippen molar-refractivity contribution in [1.82, 2.24) is 10.2 Å². The van der Waals surface area contributed by atoms with Crippen LogP contribution in [0, 0.1) is 0 Å². The molecule has 4 heteroatoms. The Morgan fingerprint density at radius 1 is 1.17 bits per heavy atom. The van der Waals surface area contributed by atoms with Gasteiger partial charge >= 0.3 is 0 Å². The van der Waals surface area contributed by atoms with Gasteiger partial charge in [-0.25, -0.2) is 0 Å². The highest BCUT2D eigenvalue weighted by molar-refractivity contribution is 5.43. The smallest absolute Gasteiger partial charge is 0.161 e. The van der Waals surface area contributed by atoms with Crippen molar-refractivity contribution >= 4 is 0 Å². The average molecular weight is 252 g/mol. The Balaban J connectivity index is 2.65. The Labute approximate surface area is 110 Å². The van der Waals surface area contributed by atoms with E-state index in [0.29, 0.717) is 6.04 Å². The first-order valence-electron chi connectivity index (χ1n) is 6.18. The summed E-state index contributed by atoms with van der Waals surface area (Å²) in [5.41, 5.74) is 1.20. The summed E-state index contributed by atoms with van der Waals surface area (Å²) < 4.78 is 10.5. The van der Waals surface area contributed by atoms with Crippen LogP contribution in [0.5, 0.6) is 11.5 Å². The van der Waals surface area contributed by atoms with Crippen LogP contribution >= 0.6 is 0 Å². The number of likely N-dealkylation sites (N-methyl/N-ethyl adjacent to an activating group) is 1. The first-order valence-corrected chi connectivity index (χ1v) is 6.18. The standard InChI is InChI=1S/C14H24N2O2/c1-11(15-8-9-16(2)3)12-6-7-13(17-4)14(10-12)18-5/h6-7,10-11,15H,8-9H2,1-5H3. The summed E-state index contributed by atoms with van der Waals surface area (Å²) in [7, 11) is 7.45. The highest BCUT2D eigenvalue weighted by Crippen LogP contribution is 2.29. The van der Waals surface area contributed by atoms with Crippen molar-refractivity contribution < 1.29 is 9.47 Å². The van der Waals surface area contributed by atoms with E-state index < -0.39 is 0 Å². The van der Waals surface area contributed by atoms with Gasteiger partial charge in [-0.15, -0.1) is 0 Å². The molecule has 0 aromatic heterocycles. The predicted molar refractivity (Wildman–Crippen MR) is 74.5 cm³/mol. The van der Waals surface area contributed by atoms with Gasteiger partial charge in [0.25, 0.3) is 0 Å². The first kappa shape index (κ1) is 14.8. The molecule has 1 N–H and O–H groups in total. The fraction of sp³-hybridized carbons (Fsp3) is 0.571. The van der Waals surface area contributed by atoms with E-state index in [9.17, 15) is 0 Å². The van der Waals surface area contributed by atoms with Gasteiger partial charge in [-0.05, 0) is 38.7 Å². The summed E-state index contributed by atoms with van der Waals surface area (Å²) in [6, 6.07) is 6.32. The van der Waals surface area contributed by atoms with Crippen LogP contribution in [0.2, 0.25) is 0 Å². The lowest BCUT2D eigenvalue weighted by molar-refractivity contribution is 0.353. The molecule has 0 saturated heterocycles. The third-order valence-corrected chi connectivity index (χ3v) is 2.92. The Kier molecular flexibility index (Phi) is 5.95. The minimum atomic E-state index is 0.296. The summed E-state index contributed by atoms with van der Waals surface area (Å²) in [5.74, 6) is 1.54. The molecule has 0 aliphatic heterocycles. The van der Waals surface area contributed by atoms with Gasteiger partial charge < -0.3 is 19.7 Å². The number of methoxy groups -OCH3 is 2. The molecule has 1 aromatic rings. The van der Waals surface area contributed by atoms with Gasteiger partial charge in [0.1, 0.15) is 0 Å². The minimum Gasteiger partial charge on any atom is -0.493 e. The van der Waals surface area contributed by atoms with E-state index in [-0.39, 0.29) is 0 Å². The zero-order valence-corrected chi connectivity index (χ0v) is 12.0. The monoisotopic (exact) mass is 252 g/mol. The summed E-state index contributed by atoms with van der Waals surface area (Å²) in [6.07, 6.45) is 0. The molecule has 0 bridgehead atoms. The maximum atomic E-state index is 5.31. The molecule has 4 nitrogen and oxygen atoms in total. The SMILES string of the molecule is COc1ccc(C(C)NCCN(C)C)cc1OC. The van der Waals surface area contributed by atoms with E-state index in [1.807, 2.05) is 12.1 Å².